The third-order valence-corrected chi connectivity index (χ3v) is 4.62. The molecule has 1 fully saturated rings. The molecule has 1 aromatic carbocycles. The van der Waals surface area contributed by atoms with Gasteiger partial charge in [0.05, 0.1) is 16.5 Å². The number of carboxylic acids is 1. The Kier molecular flexibility index (Phi) is 5.96. The van der Waals surface area contributed by atoms with Crippen molar-refractivity contribution in [2.75, 3.05) is 19.8 Å². The van der Waals surface area contributed by atoms with E-state index in [0.29, 0.717) is 31.6 Å². The summed E-state index contributed by atoms with van der Waals surface area (Å²) >= 11 is 5.80. The molecule has 1 aliphatic heterocycles. The van der Waals surface area contributed by atoms with Crippen LogP contribution in [0.3, 0.4) is 0 Å². The van der Waals surface area contributed by atoms with E-state index in [-0.39, 0.29) is 23.0 Å². The van der Waals surface area contributed by atoms with Gasteiger partial charge in [-0.2, -0.15) is 0 Å². The van der Waals surface area contributed by atoms with E-state index in [0.717, 1.165) is 0 Å². The standard InChI is InChI=1S/C16H19ClFNO4/c1-9-2-3-11(14(18)13(9)17)15(20)19-8-12(16(21)22)10-4-6-23-7-5-10/h2-3,10,12H,4-8H2,1H3,(H,19,20)(H,21,22). The first-order chi connectivity index (χ1) is 10.9. The average molecular weight is 344 g/mol. The van der Waals surface area contributed by atoms with Crippen LogP contribution in [0.2, 0.25) is 5.02 Å². The van der Waals surface area contributed by atoms with Gasteiger partial charge in [-0.1, -0.05) is 17.7 Å². The Labute approximate surface area is 138 Å². The normalized spacial score (nSPS) is 16.8. The number of carbonyl (C=O) groups is 2. The number of nitrogens with one attached hydrogen (secondary N) is 1. The number of hydrogen-bond acceptors (Lipinski definition) is 3. The molecule has 2 N–H and O–H groups in total. The zero-order valence-electron chi connectivity index (χ0n) is 12.8. The topological polar surface area (TPSA) is 75.6 Å². The second kappa shape index (κ2) is 7.75. The summed E-state index contributed by atoms with van der Waals surface area (Å²) in [7, 11) is 0. The van der Waals surface area contributed by atoms with E-state index in [4.69, 9.17) is 16.3 Å². The fourth-order valence-electron chi connectivity index (χ4n) is 2.69. The Morgan fingerprint density at radius 2 is 2.09 bits per heavy atom. The summed E-state index contributed by atoms with van der Waals surface area (Å²) in [5, 5.41) is 11.8. The maximum Gasteiger partial charge on any atom is 0.308 e. The fourth-order valence-corrected chi connectivity index (χ4v) is 2.86. The van der Waals surface area contributed by atoms with E-state index < -0.39 is 23.6 Å². The predicted molar refractivity (Wildman–Crippen MR) is 83.1 cm³/mol. The summed E-state index contributed by atoms with van der Waals surface area (Å²) in [5.41, 5.74) is 0.350. The molecule has 0 spiro atoms. The number of aryl methyl sites for hydroxylation is 1. The van der Waals surface area contributed by atoms with Crippen LogP contribution >= 0.6 is 11.6 Å². The summed E-state index contributed by atoms with van der Waals surface area (Å²) in [4.78, 5) is 23.5. The third kappa shape index (κ3) is 4.20. The molecule has 1 saturated heterocycles. The van der Waals surface area contributed by atoms with E-state index in [1.54, 1.807) is 13.0 Å². The van der Waals surface area contributed by atoms with Crippen molar-refractivity contribution in [1.82, 2.24) is 5.32 Å². The van der Waals surface area contributed by atoms with Crippen molar-refractivity contribution < 1.29 is 23.8 Å². The number of carboxylic acid groups (broad SMARTS) is 1. The van der Waals surface area contributed by atoms with Gasteiger partial charge >= 0.3 is 5.97 Å². The van der Waals surface area contributed by atoms with Crippen LogP contribution in [0.15, 0.2) is 12.1 Å². The van der Waals surface area contributed by atoms with Crippen LogP contribution in [0.4, 0.5) is 4.39 Å². The molecule has 5 nitrogen and oxygen atoms in total. The van der Waals surface area contributed by atoms with Gasteiger partial charge in [-0.3, -0.25) is 9.59 Å². The van der Waals surface area contributed by atoms with Crippen molar-refractivity contribution >= 4 is 23.5 Å². The van der Waals surface area contributed by atoms with Crippen LogP contribution in [0.1, 0.15) is 28.8 Å². The fraction of sp³-hybridized carbons (Fsp3) is 0.500. The van der Waals surface area contributed by atoms with E-state index in [1.807, 2.05) is 0 Å². The Bertz CT molecular complexity index is 602. The lowest BCUT2D eigenvalue weighted by Crippen LogP contribution is -2.39. The molecule has 126 valence electrons. The molecule has 1 amide bonds. The molecular formula is C16H19ClFNO4. The van der Waals surface area contributed by atoms with Gasteiger partial charge in [0.15, 0.2) is 5.82 Å². The molecule has 0 radical (unpaired) electrons. The number of carbonyl (C=O) groups excluding carboxylic acids is 1. The van der Waals surface area contributed by atoms with E-state index in [2.05, 4.69) is 5.32 Å². The van der Waals surface area contributed by atoms with Gasteiger partial charge in [-0.25, -0.2) is 4.39 Å². The Morgan fingerprint density at radius 1 is 1.43 bits per heavy atom. The highest BCUT2D eigenvalue weighted by molar-refractivity contribution is 6.31. The Morgan fingerprint density at radius 3 is 2.70 bits per heavy atom. The monoisotopic (exact) mass is 343 g/mol. The first-order valence-electron chi connectivity index (χ1n) is 7.45. The molecular weight excluding hydrogens is 325 g/mol. The lowest BCUT2D eigenvalue weighted by Gasteiger charge is -2.27. The van der Waals surface area contributed by atoms with E-state index in [1.165, 1.54) is 6.07 Å². The molecule has 1 heterocycles. The van der Waals surface area contributed by atoms with Crippen LogP contribution in [0.25, 0.3) is 0 Å². The average Bonchev–Trinajstić information content (AvgIpc) is 2.53. The lowest BCUT2D eigenvalue weighted by molar-refractivity contribution is -0.144. The number of hydrogen-bond donors (Lipinski definition) is 2. The molecule has 1 aromatic rings. The number of halogens is 2. The first kappa shape index (κ1) is 17.7. The smallest absolute Gasteiger partial charge is 0.308 e. The van der Waals surface area contributed by atoms with Crippen LogP contribution in [-0.4, -0.2) is 36.7 Å². The maximum atomic E-state index is 14.0. The van der Waals surface area contributed by atoms with Gasteiger partial charge in [0.2, 0.25) is 0 Å². The van der Waals surface area contributed by atoms with Gasteiger partial charge in [-0.15, -0.1) is 0 Å². The summed E-state index contributed by atoms with van der Waals surface area (Å²) < 4.78 is 19.2. The molecule has 7 heteroatoms. The molecule has 0 saturated carbocycles. The Balaban J connectivity index is 2.04. The molecule has 2 rings (SSSR count). The van der Waals surface area contributed by atoms with Gasteiger partial charge in [0, 0.05) is 19.8 Å². The highest BCUT2D eigenvalue weighted by Gasteiger charge is 2.30. The highest BCUT2D eigenvalue weighted by atomic mass is 35.5. The van der Waals surface area contributed by atoms with Crippen molar-refractivity contribution in [1.29, 1.82) is 0 Å². The number of benzene rings is 1. The van der Waals surface area contributed by atoms with Gasteiger partial charge in [-0.05, 0) is 37.3 Å². The summed E-state index contributed by atoms with van der Waals surface area (Å²) in [6, 6.07) is 2.89. The zero-order valence-corrected chi connectivity index (χ0v) is 13.5. The zero-order chi connectivity index (χ0) is 17.0. The number of rotatable bonds is 5. The molecule has 1 atom stereocenters. The number of aliphatic carboxylic acids is 1. The van der Waals surface area contributed by atoms with E-state index >= 15 is 0 Å². The van der Waals surface area contributed by atoms with Gasteiger partial charge < -0.3 is 15.2 Å². The highest BCUT2D eigenvalue weighted by Crippen LogP contribution is 2.25. The molecule has 23 heavy (non-hydrogen) atoms. The van der Waals surface area contributed by atoms with Crippen LogP contribution in [0, 0.1) is 24.6 Å². The maximum absolute atomic E-state index is 14.0. The predicted octanol–water partition coefficient (Wildman–Crippen LogP) is 2.64. The van der Waals surface area contributed by atoms with E-state index in [9.17, 15) is 19.1 Å². The molecule has 1 aliphatic rings. The second-order valence-corrected chi connectivity index (χ2v) is 6.04. The minimum atomic E-state index is -0.973. The molecule has 0 bridgehead atoms. The van der Waals surface area contributed by atoms with Crippen molar-refractivity contribution in [2.24, 2.45) is 11.8 Å². The van der Waals surface area contributed by atoms with Crippen molar-refractivity contribution in [3.63, 3.8) is 0 Å². The SMILES string of the molecule is Cc1ccc(C(=O)NCC(C(=O)O)C2CCOCC2)c(F)c1Cl. The van der Waals surface area contributed by atoms with Gasteiger partial charge in [0.1, 0.15) is 0 Å². The second-order valence-electron chi connectivity index (χ2n) is 5.66. The van der Waals surface area contributed by atoms with Gasteiger partial charge in [0.25, 0.3) is 5.91 Å². The first-order valence-corrected chi connectivity index (χ1v) is 7.83. The van der Waals surface area contributed by atoms with Crippen LogP contribution in [0.5, 0.6) is 0 Å². The van der Waals surface area contributed by atoms with Crippen molar-refractivity contribution in [2.45, 2.75) is 19.8 Å². The summed E-state index contributed by atoms with van der Waals surface area (Å²) in [6.45, 7) is 2.62. The quantitative estimate of drug-likeness (QED) is 0.861. The van der Waals surface area contributed by atoms with Crippen molar-refractivity contribution in [3.8, 4) is 0 Å². The molecule has 0 aliphatic carbocycles. The minimum absolute atomic E-state index is 0.0518. The lowest BCUT2D eigenvalue weighted by atomic mass is 9.86. The summed E-state index contributed by atoms with van der Waals surface area (Å²) in [6.07, 6.45) is 1.27. The van der Waals surface area contributed by atoms with Crippen molar-refractivity contribution in [3.05, 3.63) is 34.1 Å². The van der Waals surface area contributed by atoms with Crippen LogP contribution in [-0.2, 0) is 9.53 Å². The molecule has 1 unspecified atom stereocenters. The summed E-state index contributed by atoms with van der Waals surface area (Å²) in [5.74, 6) is -3.20. The largest absolute Gasteiger partial charge is 0.481 e. The number of amides is 1. The Hall–Kier alpha value is -1.66. The third-order valence-electron chi connectivity index (χ3n) is 4.15. The molecule has 0 aromatic heterocycles. The van der Waals surface area contributed by atoms with Crippen LogP contribution < -0.4 is 5.32 Å². The minimum Gasteiger partial charge on any atom is -0.481 e. The number of ether oxygens (including phenoxy) is 1.